The average Bonchev–Trinajstić information content (AvgIpc) is 0.811. The minimum Gasteiger partial charge on any atom is -1.00 e. The quantitative estimate of drug-likeness (QED) is 0.379. The molecule has 0 rings (SSSR count). The van der Waals surface area contributed by atoms with Crippen LogP contribution in [0.5, 0.6) is 0 Å². The second-order valence-electron chi connectivity index (χ2n) is 0.346. The van der Waals surface area contributed by atoms with E-state index < -0.39 is 7.32 Å². The summed E-state index contributed by atoms with van der Waals surface area (Å²) in [4.78, 5) is 0. The van der Waals surface area contributed by atoms with Crippen molar-refractivity contribution in [1.29, 1.82) is 0 Å². The third kappa shape index (κ3) is 120. The third-order valence-electron chi connectivity index (χ3n) is 0. The fraction of sp³-hybridized carbons (Fsp3) is 0. The van der Waals surface area contributed by atoms with Crippen molar-refractivity contribution in [3.63, 3.8) is 0 Å². The van der Waals surface area contributed by atoms with Crippen LogP contribution in [0.15, 0.2) is 0 Å². The molecule has 0 spiro atoms. The molecule has 49 valence electrons. The standard InChI is InChI=1S/BH3O3.3ClH.Zr/c2-1(3)4;;;;/h2-4H;3*1H;/q;;;;+3/p-3. The molecule has 8 heavy (non-hydrogen) atoms. The minimum atomic E-state index is -2.17. The van der Waals surface area contributed by atoms with E-state index in [9.17, 15) is 0 Å². The molecular formula is H3BCl3O3Zr. The molecule has 0 aliphatic rings. The fourth-order valence-electron chi connectivity index (χ4n) is 0. The molecule has 0 aliphatic heterocycles. The zero-order chi connectivity index (χ0) is 3.58. The van der Waals surface area contributed by atoms with Crippen molar-refractivity contribution in [2.45, 2.75) is 0 Å². The van der Waals surface area contributed by atoms with Gasteiger partial charge in [0.25, 0.3) is 0 Å². The monoisotopic (exact) mass is 257 g/mol. The van der Waals surface area contributed by atoms with Crippen molar-refractivity contribution in [1.82, 2.24) is 0 Å². The van der Waals surface area contributed by atoms with Gasteiger partial charge in [0.2, 0.25) is 0 Å². The Kier molecular flexibility index (Phi) is 97.0. The van der Waals surface area contributed by atoms with Crippen molar-refractivity contribution in [2.24, 2.45) is 0 Å². The van der Waals surface area contributed by atoms with Crippen LogP contribution in [-0.4, -0.2) is 22.4 Å². The van der Waals surface area contributed by atoms with Gasteiger partial charge < -0.3 is 52.3 Å². The molecule has 0 unspecified atom stereocenters. The van der Waals surface area contributed by atoms with Crippen molar-refractivity contribution in [3.8, 4) is 0 Å². The van der Waals surface area contributed by atoms with E-state index in [1.54, 1.807) is 0 Å². The van der Waals surface area contributed by atoms with E-state index >= 15 is 0 Å². The zero-order valence-corrected chi connectivity index (χ0v) is 8.28. The third-order valence-corrected chi connectivity index (χ3v) is 0. The summed E-state index contributed by atoms with van der Waals surface area (Å²) in [5, 5.41) is 21.5. The molecule has 0 bridgehead atoms. The maximum Gasteiger partial charge on any atom is 3.00 e. The van der Waals surface area contributed by atoms with E-state index in [0.29, 0.717) is 0 Å². The molecule has 0 fully saturated rings. The largest absolute Gasteiger partial charge is 3.00 e. The van der Waals surface area contributed by atoms with Crippen LogP contribution in [0.1, 0.15) is 0 Å². The van der Waals surface area contributed by atoms with Gasteiger partial charge in [0.1, 0.15) is 0 Å². The van der Waals surface area contributed by atoms with Crippen LogP contribution >= 0.6 is 0 Å². The summed E-state index contributed by atoms with van der Waals surface area (Å²) in [6.45, 7) is 0. The molecule has 3 nitrogen and oxygen atoms in total. The van der Waals surface area contributed by atoms with E-state index in [-0.39, 0.29) is 63.4 Å². The van der Waals surface area contributed by atoms with Gasteiger partial charge in [0.15, 0.2) is 0 Å². The zero-order valence-electron chi connectivity index (χ0n) is 3.55. The van der Waals surface area contributed by atoms with Crippen molar-refractivity contribution >= 4 is 7.32 Å². The van der Waals surface area contributed by atoms with Gasteiger partial charge in [-0.25, -0.2) is 0 Å². The maximum absolute atomic E-state index is 7.17. The van der Waals surface area contributed by atoms with Gasteiger partial charge in [0, 0.05) is 0 Å². The molecule has 0 aromatic rings. The molecule has 0 amide bonds. The van der Waals surface area contributed by atoms with Crippen molar-refractivity contribution in [3.05, 3.63) is 0 Å². The van der Waals surface area contributed by atoms with Gasteiger partial charge in [-0.15, -0.1) is 0 Å². The smallest absolute Gasteiger partial charge is 1.00 e. The molecule has 1 radical (unpaired) electrons. The van der Waals surface area contributed by atoms with Crippen molar-refractivity contribution < 1.29 is 78.5 Å². The van der Waals surface area contributed by atoms with Crippen LogP contribution in [0.4, 0.5) is 0 Å². The molecule has 3 N–H and O–H groups in total. The first-order valence-corrected chi connectivity index (χ1v) is 0.775. The summed E-state index contributed by atoms with van der Waals surface area (Å²) >= 11 is 0. The summed E-state index contributed by atoms with van der Waals surface area (Å²) in [5.74, 6) is 0. The van der Waals surface area contributed by atoms with Crippen LogP contribution in [0.2, 0.25) is 0 Å². The topological polar surface area (TPSA) is 60.7 Å². The first kappa shape index (κ1) is 33.2. The first-order valence-electron chi connectivity index (χ1n) is 0.775. The summed E-state index contributed by atoms with van der Waals surface area (Å²) < 4.78 is 0. The van der Waals surface area contributed by atoms with Crippen LogP contribution in [-0.2, 0) is 26.2 Å². The fourth-order valence-corrected chi connectivity index (χ4v) is 0. The van der Waals surface area contributed by atoms with Gasteiger partial charge in [-0.3, -0.25) is 0 Å². The molecule has 0 aromatic carbocycles. The predicted octanol–water partition coefficient (Wildman–Crippen LogP) is -11.0. The molecular weight excluding hydrogens is 256 g/mol. The predicted molar refractivity (Wildman–Crippen MR) is 12.4 cm³/mol. The Morgan fingerprint density at radius 2 is 0.750 bits per heavy atom. The Morgan fingerprint density at radius 1 is 0.750 bits per heavy atom. The molecule has 0 aliphatic carbocycles. The molecule has 8 heteroatoms. The van der Waals surface area contributed by atoms with Gasteiger partial charge in [-0.1, -0.05) is 0 Å². The van der Waals surface area contributed by atoms with E-state index in [0.717, 1.165) is 0 Å². The van der Waals surface area contributed by atoms with E-state index in [1.807, 2.05) is 0 Å². The Labute approximate surface area is 85.4 Å². The second kappa shape index (κ2) is 23.4. The number of hydrogen-bond donors (Lipinski definition) is 3. The second-order valence-corrected chi connectivity index (χ2v) is 0.346. The maximum atomic E-state index is 7.17. The number of rotatable bonds is 0. The van der Waals surface area contributed by atoms with Crippen LogP contribution in [0, 0.1) is 0 Å². The molecule has 0 heterocycles. The average molecular weight is 259 g/mol. The Morgan fingerprint density at radius 3 is 0.750 bits per heavy atom. The Hall–Kier alpha value is 1.70. The molecule has 0 atom stereocenters. The molecule has 0 aromatic heterocycles. The summed E-state index contributed by atoms with van der Waals surface area (Å²) in [6.07, 6.45) is 0. The summed E-state index contributed by atoms with van der Waals surface area (Å²) in [6, 6.07) is 0. The van der Waals surface area contributed by atoms with Crippen LogP contribution in [0.25, 0.3) is 0 Å². The molecule has 0 saturated carbocycles. The number of hydrogen-bond acceptors (Lipinski definition) is 3. The Bertz CT molecular complexity index is 19.2. The van der Waals surface area contributed by atoms with Gasteiger partial charge in [-0.05, 0) is 0 Å². The van der Waals surface area contributed by atoms with Crippen LogP contribution < -0.4 is 37.2 Å². The van der Waals surface area contributed by atoms with E-state index in [2.05, 4.69) is 0 Å². The van der Waals surface area contributed by atoms with Crippen molar-refractivity contribution in [2.75, 3.05) is 0 Å². The van der Waals surface area contributed by atoms with Crippen LogP contribution in [0.3, 0.4) is 0 Å². The van der Waals surface area contributed by atoms with E-state index in [4.69, 9.17) is 15.1 Å². The SMILES string of the molecule is OB(O)O.[Cl-].[Cl-].[Cl-].[Zr+3]. The van der Waals surface area contributed by atoms with Gasteiger partial charge in [0.05, 0.1) is 0 Å². The Balaban J connectivity index is -0.00000000750. The minimum absolute atomic E-state index is 0. The summed E-state index contributed by atoms with van der Waals surface area (Å²) in [7, 11) is -2.17. The summed E-state index contributed by atoms with van der Waals surface area (Å²) in [5.41, 5.74) is 0. The van der Waals surface area contributed by atoms with Gasteiger partial charge >= 0.3 is 33.5 Å². The normalized spacial score (nSPS) is 3.38. The number of halogens is 3. The van der Waals surface area contributed by atoms with Gasteiger partial charge in [-0.2, -0.15) is 0 Å². The first-order chi connectivity index (χ1) is 1.73. The van der Waals surface area contributed by atoms with E-state index in [1.165, 1.54) is 0 Å². The molecule has 0 saturated heterocycles.